The maximum absolute atomic E-state index is 14.0. The first-order chi connectivity index (χ1) is 27.8. The van der Waals surface area contributed by atoms with Crippen LogP contribution in [0.5, 0.6) is 0 Å². The zero-order chi connectivity index (χ0) is 45.1. The number of thioether (sulfide) groups is 1. The maximum atomic E-state index is 14.0. The highest BCUT2D eigenvalue weighted by Gasteiger charge is 2.34. The van der Waals surface area contributed by atoms with Crippen molar-refractivity contribution >= 4 is 53.2 Å². The second-order valence-electron chi connectivity index (χ2n) is 16.4. The smallest absolute Gasteiger partial charge is 0.326 e. The number of amides is 6. The molecule has 0 aromatic heterocycles. The molecular weight excluding hydrogens is 781 g/mol. The Morgan fingerprint density at radius 2 is 0.864 bits per heavy atom. The lowest BCUT2D eigenvalue weighted by Gasteiger charge is -2.29. The molecule has 19 heteroatoms. The molecule has 7 atom stereocenters. The molecule has 18 nitrogen and oxygen atoms in total. The fourth-order valence-corrected chi connectivity index (χ4v) is 6.71. The van der Waals surface area contributed by atoms with E-state index in [1.54, 1.807) is 13.8 Å². The van der Waals surface area contributed by atoms with Crippen molar-refractivity contribution in [2.24, 2.45) is 40.7 Å². The third kappa shape index (κ3) is 23.8. The highest BCUT2D eigenvalue weighted by Crippen LogP contribution is 2.12. The summed E-state index contributed by atoms with van der Waals surface area (Å²) in [5.74, 6) is -4.58. The Morgan fingerprint density at radius 3 is 1.25 bits per heavy atom. The van der Waals surface area contributed by atoms with Crippen molar-refractivity contribution in [1.29, 1.82) is 0 Å². The molecule has 0 saturated carbocycles. The Labute approximate surface area is 356 Å². The van der Waals surface area contributed by atoms with Crippen LogP contribution in [0.4, 0.5) is 0 Å². The molecule has 0 heterocycles. The van der Waals surface area contributed by atoms with Crippen LogP contribution in [0.3, 0.4) is 0 Å². The summed E-state index contributed by atoms with van der Waals surface area (Å²) in [6, 6.07) is -7.37. The van der Waals surface area contributed by atoms with E-state index in [-0.39, 0.29) is 49.9 Å². The second-order valence-corrected chi connectivity index (χ2v) is 17.4. The van der Waals surface area contributed by atoms with Crippen molar-refractivity contribution in [2.75, 3.05) is 31.6 Å². The molecule has 0 aromatic carbocycles. The van der Waals surface area contributed by atoms with Crippen LogP contribution in [0.2, 0.25) is 0 Å². The first kappa shape index (κ1) is 55.5. The number of unbranched alkanes of at least 4 members (excludes halogenated alkanes) is 3. The van der Waals surface area contributed by atoms with Gasteiger partial charge in [0.1, 0.15) is 36.3 Å². The number of hydrogen-bond donors (Lipinski definition) is 11. The van der Waals surface area contributed by atoms with Crippen LogP contribution in [0.1, 0.15) is 119 Å². The lowest BCUT2D eigenvalue weighted by atomic mass is 9.99. The SMILES string of the molecule is CSCCC(NC(=O)C(NC(=O)C(N)CC(C)C)C(C)C)C(=O)NC(CC(C)C)C(=O)NC(CCCCN)C(=O)NC(CCCCN)C(=O)NC(CCCCN)C(=O)O. The van der Waals surface area contributed by atoms with Gasteiger partial charge in [-0.2, -0.15) is 11.8 Å². The van der Waals surface area contributed by atoms with Crippen LogP contribution in [0.15, 0.2) is 0 Å². The lowest BCUT2D eigenvalue weighted by molar-refractivity contribution is -0.142. The number of aliphatic carboxylic acids is 1. The Balaban J connectivity index is 6.34. The Hall–Kier alpha value is -3.52. The van der Waals surface area contributed by atoms with Gasteiger partial charge in [0, 0.05) is 0 Å². The Bertz CT molecular complexity index is 1290. The van der Waals surface area contributed by atoms with Crippen molar-refractivity contribution in [3.05, 3.63) is 0 Å². The zero-order valence-corrected chi connectivity index (χ0v) is 37.4. The van der Waals surface area contributed by atoms with Gasteiger partial charge in [-0.1, -0.05) is 41.5 Å². The monoisotopic (exact) mass is 859 g/mol. The molecule has 6 amide bonds. The van der Waals surface area contributed by atoms with Crippen molar-refractivity contribution in [3.63, 3.8) is 0 Å². The van der Waals surface area contributed by atoms with Crippen molar-refractivity contribution < 1.29 is 38.7 Å². The number of carbonyl (C=O) groups is 7. The van der Waals surface area contributed by atoms with Gasteiger partial charge in [-0.3, -0.25) is 28.8 Å². The normalized spacial score (nSPS) is 15.0. The second kappa shape index (κ2) is 31.4. The summed E-state index contributed by atoms with van der Waals surface area (Å²) in [6.07, 6.45) is 6.31. The van der Waals surface area contributed by atoms with E-state index in [0.717, 1.165) is 0 Å². The summed E-state index contributed by atoms with van der Waals surface area (Å²) >= 11 is 1.47. The summed E-state index contributed by atoms with van der Waals surface area (Å²) in [6.45, 7) is 12.2. The third-order valence-electron chi connectivity index (χ3n) is 9.61. The third-order valence-corrected chi connectivity index (χ3v) is 10.3. The van der Waals surface area contributed by atoms with E-state index in [0.29, 0.717) is 70.3 Å². The number of carboxylic acids is 1. The fourth-order valence-electron chi connectivity index (χ4n) is 6.24. The summed E-state index contributed by atoms with van der Waals surface area (Å²) in [4.78, 5) is 93.6. The zero-order valence-electron chi connectivity index (χ0n) is 36.6. The number of carboxylic acid groups (broad SMARTS) is 1. The average molecular weight is 859 g/mol. The van der Waals surface area contributed by atoms with Gasteiger partial charge in [-0.15, -0.1) is 0 Å². The minimum atomic E-state index is -1.21. The van der Waals surface area contributed by atoms with E-state index >= 15 is 0 Å². The largest absolute Gasteiger partial charge is 0.480 e. The van der Waals surface area contributed by atoms with Crippen LogP contribution in [-0.2, 0) is 33.6 Å². The Morgan fingerprint density at radius 1 is 0.492 bits per heavy atom. The lowest BCUT2D eigenvalue weighted by Crippen LogP contribution is -2.60. The minimum absolute atomic E-state index is 0.0759. The number of hydrogen-bond acceptors (Lipinski definition) is 12. The molecular formula is C40H78N10O8S. The van der Waals surface area contributed by atoms with Gasteiger partial charge < -0.3 is 59.9 Å². The summed E-state index contributed by atoms with van der Waals surface area (Å²) in [7, 11) is 0. The molecule has 0 rings (SSSR count). The number of carbonyl (C=O) groups excluding carboxylic acids is 6. The van der Waals surface area contributed by atoms with Crippen molar-refractivity contribution in [1.82, 2.24) is 31.9 Å². The molecule has 0 bridgehead atoms. The van der Waals surface area contributed by atoms with Gasteiger partial charge in [0.05, 0.1) is 6.04 Å². The number of nitrogens with one attached hydrogen (secondary N) is 6. The van der Waals surface area contributed by atoms with E-state index in [2.05, 4.69) is 31.9 Å². The highest BCUT2D eigenvalue weighted by molar-refractivity contribution is 7.98. The van der Waals surface area contributed by atoms with Gasteiger partial charge in [0.15, 0.2) is 0 Å². The number of rotatable bonds is 33. The molecule has 0 aliphatic heterocycles. The van der Waals surface area contributed by atoms with E-state index in [1.165, 1.54) is 11.8 Å². The Kier molecular flexibility index (Phi) is 29.5. The minimum Gasteiger partial charge on any atom is -0.480 e. The van der Waals surface area contributed by atoms with Gasteiger partial charge in [0.25, 0.3) is 0 Å². The molecule has 15 N–H and O–H groups in total. The molecule has 0 aliphatic carbocycles. The van der Waals surface area contributed by atoms with Crippen LogP contribution in [0.25, 0.3) is 0 Å². The molecule has 59 heavy (non-hydrogen) atoms. The summed E-state index contributed by atoms with van der Waals surface area (Å²) in [5, 5.41) is 26.1. The van der Waals surface area contributed by atoms with Crippen molar-refractivity contribution in [2.45, 2.75) is 161 Å². The van der Waals surface area contributed by atoms with E-state index in [9.17, 15) is 38.7 Å². The van der Waals surface area contributed by atoms with Crippen LogP contribution in [-0.4, -0.2) is 120 Å². The number of nitrogens with two attached hydrogens (primary N) is 4. The topological polar surface area (TPSA) is 316 Å². The molecule has 0 fully saturated rings. The van der Waals surface area contributed by atoms with Crippen LogP contribution in [0, 0.1) is 17.8 Å². The van der Waals surface area contributed by atoms with E-state index in [1.807, 2.05) is 34.0 Å². The molecule has 0 saturated heterocycles. The summed E-state index contributed by atoms with van der Waals surface area (Å²) in [5.41, 5.74) is 23.0. The predicted octanol–water partition coefficient (Wildman–Crippen LogP) is 0.195. The van der Waals surface area contributed by atoms with E-state index in [4.69, 9.17) is 22.9 Å². The van der Waals surface area contributed by atoms with Gasteiger partial charge >= 0.3 is 5.97 Å². The van der Waals surface area contributed by atoms with Crippen molar-refractivity contribution in [3.8, 4) is 0 Å². The van der Waals surface area contributed by atoms with E-state index < -0.39 is 83.7 Å². The standard InChI is InChI=1S/C40H78N10O8S/c1-24(2)22-27(44)34(51)50-33(26(5)6)39(56)47-30(17-21-59-7)37(54)49-32(23-25(3)4)38(55)46-28(14-8-11-18-41)35(52)45-29(15-9-12-19-42)36(53)48-31(40(57)58)16-10-13-20-43/h24-33H,8-23,41-44H2,1-7H3,(H,45,52)(H,46,55)(H,47,56)(H,48,53)(H,49,54)(H,50,51)(H,57,58). The predicted molar refractivity (Wildman–Crippen MR) is 233 cm³/mol. The summed E-state index contributed by atoms with van der Waals surface area (Å²) < 4.78 is 0. The highest BCUT2D eigenvalue weighted by atomic mass is 32.2. The first-order valence-electron chi connectivity index (χ1n) is 21.2. The fraction of sp³-hybridized carbons (Fsp3) is 0.825. The van der Waals surface area contributed by atoms with Crippen LogP contribution < -0.4 is 54.8 Å². The van der Waals surface area contributed by atoms with Crippen LogP contribution >= 0.6 is 11.8 Å². The first-order valence-corrected chi connectivity index (χ1v) is 22.6. The average Bonchev–Trinajstić information content (AvgIpc) is 3.16. The molecule has 0 aliphatic rings. The molecule has 0 radical (unpaired) electrons. The molecule has 342 valence electrons. The molecule has 7 unspecified atom stereocenters. The van der Waals surface area contributed by atoms with Gasteiger partial charge in [-0.25, -0.2) is 4.79 Å². The maximum Gasteiger partial charge on any atom is 0.326 e. The quantitative estimate of drug-likeness (QED) is 0.0394. The molecule has 0 spiro atoms. The molecule has 0 aromatic rings. The van der Waals surface area contributed by atoms with Gasteiger partial charge in [0.2, 0.25) is 35.4 Å². The van der Waals surface area contributed by atoms with Gasteiger partial charge in [-0.05, 0) is 126 Å².